The Kier molecular flexibility index (Phi) is 4.40. The van der Waals surface area contributed by atoms with Gasteiger partial charge in [0.2, 0.25) is 5.95 Å². The summed E-state index contributed by atoms with van der Waals surface area (Å²) in [6.07, 6.45) is 3.20. The third-order valence-corrected chi connectivity index (χ3v) is 0.586. The first-order valence-corrected chi connectivity index (χ1v) is 2.92. The van der Waals surface area contributed by atoms with E-state index in [1.54, 1.807) is 18.5 Å². The minimum absolute atomic E-state index is 0.322. The molecule has 0 amide bonds. The molecule has 0 aliphatic carbocycles. The predicted octanol–water partition coefficient (Wildman–Crippen LogP) is 1.08. The molecule has 0 bridgehead atoms. The molecule has 3 nitrogen and oxygen atoms in total. The van der Waals surface area contributed by atoms with E-state index in [-0.39, 0.29) is 0 Å². The van der Waals surface area contributed by atoms with Gasteiger partial charge in [0.15, 0.2) is 0 Å². The van der Waals surface area contributed by atoms with Crippen LogP contribution in [0.1, 0.15) is 13.8 Å². The van der Waals surface area contributed by atoms with Crippen LogP contribution in [0.15, 0.2) is 18.5 Å². The molecule has 0 aliphatic heterocycles. The van der Waals surface area contributed by atoms with Gasteiger partial charge in [-0.25, -0.2) is 9.97 Å². The Morgan fingerprint density at radius 1 is 1.22 bits per heavy atom. The molecule has 1 aromatic heterocycles. The maximum atomic E-state index is 5.14. The summed E-state index contributed by atoms with van der Waals surface area (Å²) in [5, 5.41) is 0. The summed E-state index contributed by atoms with van der Waals surface area (Å²) < 4.78 is 0. The van der Waals surface area contributed by atoms with Crippen LogP contribution in [0.4, 0.5) is 5.95 Å². The molecule has 0 fully saturated rings. The van der Waals surface area contributed by atoms with E-state index in [1.807, 2.05) is 13.8 Å². The van der Waals surface area contributed by atoms with E-state index in [4.69, 9.17) is 5.73 Å². The van der Waals surface area contributed by atoms with E-state index in [1.165, 1.54) is 0 Å². The molecule has 0 aromatic carbocycles. The average molecular weight is 125 g/mol. The van der Waals surface area contributed by atoms with Crippen LogP contribution in [0.3, 0.4) is 0 Å². The lowest BCUT2D eigenvalue weighted by Gasteiger charge is -1.82. The van der Waals surface area contributed by atoms with Gasteiger partial charge in [0.1, 0.15) is 0 Å². The molecule has 1 aromatic rings. The van der Waals surface area contributed by atoms with Crippen molar-refractivity contribution in [3.8, 4) is 0 Å². The van der Waals surface area contributed by atoms with Crippen molar-refractivity contribution in [3.05, 3.63) is 18.5 Å². The second-order valence-corrected chi connectivity index (χ2v) is 1.11. The van der Waals surface area contributed by atoms with Gasteiger partial charge in [-0.1, -0.05) is 13.8 Å². The summed E-state index contributed by atoms with van der Waals surface area (Å²) in [5.41, 5.74) is 5.14. The van der Waals surface area contributed by atoms with Gasteiger partial charge >= 0.3 is 0 Å². The summed E-state index contributed by atoms with van der Waals surface area (Å²) in [4.78, 5) is 7.29. The van der Waals surface area contributed by atoms with Crippen LogP contribution in [0.25, 0.3) is 0 Å². The van der Waals surface area contributed by atoms with Gasteiger partial charge in [-0.2, -0.15) is 0 Å². The van der Waals surface area contributed by atoms with E-state index in [2.05, 4.69) is 9.97 Å². The number of anilines is 1. The van der Waals surface area contributed by atoms with Gasteiger partial charge in [-0.05, 0) is 6.07 Å². The summed E-state index contributed by atoms with van der Waals surface area (Å²) in [5.74, 6) is 0.322. The topological polar surface area (TPSA) is 51.8 Å². The fourth-order valence-corrected chi connectivity index (χ4v) is 0.311. The van der Waals surface area contributed by atoms with Crippen molar-refractivity contribution in [1.29, 1.82) is 0 Å². The summed E-state index contributed by atoms with van der Waals surface area (Å²) in [6.45, 7) is 4.00. The minimum Gasteiger partial charge on any atom is -0.368 e. The van der Waals surface area contributed by atoms with Gasteiger partial charge in [-0.15, -0.1) is 0 Å². The van der Waals surface area contributed by atoms with Crippen molar-refractivity contribution < 1.29 is 0 Å². The molecule has 0 unspecified atom stereocenters. The first-order valence-electron chi connectivity index (χ1n) is 2.92. The molecule has 0 radical (unpaired) electrons. The molecule has 0 spiro atoms. The highest BCUT2D eigenvalue weighted by Gasteiger charge is 1.75. The van der Waals surface area contributed by atoms with Gasteiger partial charge in [-0.3, -0.25) is 0 Å². The van der Waals surface area contributed by atoms with Crippen molar-refractivity contribution in [2.24, 2.45) is 0 Å². The zero-order valence-corrected chi connectivity index (χ0v) is 5.70. The Labute approximate surface area is 54.9 Å². The molecule has 1 heterocycles. The molecular weight excluding hydrogens is 114 g/mol. The standard InChI is InChI=1S/C4H5N3.C2H6/c5-4-6-2-1-3-7-4;1-2/h1-3H,(H2,5,6,7);1-2H3. The highest BCUT2D eigenvalue weighted by molar-refractivity contribution is 5.11. The number of hydrogen-bond donors (Lipinski definition) is 1. The summed E-state index contributed by atoms with van der Waals surface area (Å²) in [6, 6.07) is 1.72. The Balaban J connectivity index is 0.000000291. The second kappa shape index (κ2) is 5.03. The zero-order chi connectivity index (χ0) is 7.11. The van der Waals surface area contributed by atoms with Crippen molar-refractivity contribution in [2.45, 2.75) is 13.8 Å². The molecule has 3 heteroatoms. The highest BCUT2D eigenvalue weighted by Crippen LogP contribution is 1.81. The van der Waals surface area contributed by atoms with Gasteiger partial charge in [0, 0.05) is 12.4 Å². The molecule has 50 valence electrons. The van der Waals surface area contributed by atoms with Crippen LogP contribution in [-0.2, 0) is 0 Å². The van der Waals surface area contributed by atoms with Gasteiger partial charge < -0.3 is 5.73 Å². The van der Waals surface area contributed by atoms with E-state index in [9.17, 15) is 0 Å². The second-order valence-electron chi connectivity index (χ2n) is 1.11. The SMILES string of the molecule is CC.Nc1ncccn1. The first kappa shape index (κ1) is 7.88. The summed E-state index contributed by atoms with van der Waals surface area (Å²) >= 11 is 0. The lowest BCUT2D eigenvalue weighted by molar-refractivity contribution is 1.19. The molecule has 0 saturated heterocycles. The van der Waals surface area contributed by atoms with Crippen LogP contribution < -0.4 is 5.73 Å². The lowest BCUT2D eigenvalue weighted by Crippen LogP contribution is -1.90. The molecule has 9 heavy (non-hydrogen) atoms. The van der Waals surface area contributed by atoms with Crippen molar-refractivity contribution in [1.82, 2.24) is 9.97 Å². The fourth-order valence-electron chi connectivity index (χ4n) is 0.311. The summed E-state index contributed by atoms with van der Waals surface area (Å²) in [7, 11) is 0. The number of nitrogens with zero attached hydrogens (tertiary/aromatic N) is 2. The van der Waals surface area contributed by atoms with Crippen molar-refractivity contribution >= 4 is 5.95 Å². The van der Waals surface area contributed by atoms with Crippen molar-refractivity contribution in [3.63, 3.8) is 0 Å². The largest absolute Gasteiger partial charge is 0.368 e. The number of aromatic nitrogens is 2. The molecule has 0 atom stereocenters. The average Bonchev–Trinajstić information content (AvgIpc) is 1.94. The lowest BCUT2D eigenvalue weighted by atomic mass is 10.7. The maximum absolute atomic E-state index is 5.14. The zero-order valence-electron chi connectivity index (χ0n) is 5.70. The van der Waals surface area contributed by atoms with Crippen LogP contribution >= 0.6 is 0 Å². The van der Waals surface area contributed by atoms with Gasteiger partial charge in [0.25, 0.3) is 0 Å². The van der Waals surface area contributed by atoms with Crippen LogP contribution in [0.5, 0.6) is 0 Å². The number of rotatable bonds is 0. The monoisotopic (exact) mass is 125 g/mol. The number of nitrogens with two attached hydrogens (primary N) is 1. The molecule has 1 rings (SSSR count). The number of hydrogen-bond acceptors (Lipinski definition) is 3. The Morgan fingerprint density at radius 2 is 1.67 bits per heavy atom. The van der Waals surface area contributed by atoms with E-state index in [0.717, 1.165) is 0 Å². The third kappa shape index (κ3) is 3.46. The maximum Gasteiger partial charge on any atom is 0.219 e. The highest BCUT2D eigenvalue weighted by atomic mass is 15.0. The minimum atomic E-state index is 0.322. The molecule has 2 N–H and O–H groups in total. The van der Waals surface area contributed by atoms with E-state index in [0.29, 0.717) is 5.95 Å². The molecule has 0 aliphatic rings. The van der Waals surface area contributed by atoms with Crippen LogP contribution in [-0.4, -0.2) is 9.97 Å². The van der Waals surface area contributed by atoms with Gasteiger partial charge in [0.05, 0.1) is 0 Å². The molecule has 0 saturated carbocycles. The third-order valence-electron chi connectivity index (χ3n) is 0.586. The quantitative estimate of drug-likeness (QED) is 0.564. The Morgan fingerprint density at radius 3 is 1.89 bits per heavy atom. The normalized spacial score (nSPS) is 7.33. The Bertz CT molecular complexity index is 138. The number of nitrogen functional groups attached to an aromatic ring is 1. The van der Waals surface area contributed by atoms with E-state index >= 15 is 0 Å². The Hall–Kier alpha value is -1.12. The van der Waals surface area contributed by atoms with Crippen LogP contribution in [0, 0.1) is 0 Å². The molecular formula is C6H11N3. The smallest absolute Gasteiger partial charge is 0.219 e. The van der Waals surface area contributed by atoms with Crippen molar-refractivity contribution in [2.75, 3.05) is 5.73 Å². The first-order chi connectivity index (χ1) is 4.39. The predicted molar refractivity (Wildman–Crippen MR) is 37.8 cm³/mol. The fraction of sp³-hybridized carbons (Fsp3) is 0.333. The van der Waals surface area contributed by atoms with E-state index < -0.39 is 0 Å². The van der Waals surface area contributed by atoms with Crippen LogP contribution in [0.2, 0.25) is 0 Å².